The van der Waals surface area contributed by atoms with Gasteiger partial charge in [-0.1, -0.05) is 13.0 Å². The highest BCUT2D eigenvalue weighted by molar-refractivity contribution is 5.54. The van der Waals surface area contributed by atoms with Gasteiger partial charge in [0.15, 0.2) is 0 Å². The summed E-state index contributed by atoms with van der Waals surface area (Å²) in [5.41, 5.74) is 1.93. The minimum atomic E-state index is -0.0723. The number of likely N-dealkylation sites (tertiary alicyclic amines) is 1. The van der Waals surface area contributed by atoms with Crippen LogP contribution in [0.5, 0.6) is 0 Å². The summed E-state index contributed by atoms with van der Waals surface area (Å²) in [6.45, 7) is 9.71. The summed E-state index contributed by atoms with van der Waals surface area (Å²) in [6.07, 6.45) is 6.25. The van der Waals surface area contributed by atoms with Crippen molar-refractivity contribution >= 4 is 5.69 Å². The first-order valence-corrected chi connectivity index (χ1v) is 9.69. The molecule has 1 aromatic rings. The third kappa shape index (κ3) is 4.70. The molecule has 2 aliphatic heterocycles. The first kappa shape index (κ1) is 17.7. The third-order valence-electron chi connectivity index (χ3n) is 5.55. The SMILES string of the molecule is CC1CCN(CCCNCc2c(F)cccc2N2CCCC2)CC1. The maximum absolute atomic E-state index is 14.3. The van der Waals surface area contributed by atoms with E-state index in [4.69, 9.17) is 0 Å². The topological polar surface area (TPSA) is 18.5 Å². The molecule has 0 unspecified atom stereocenters. The zero-order valence-electron chi connectivity index (χ0n) is 15.1. The van der Waals surface area contributed by atoms with E-state index in [1.165, 1.54) is 38.8 Å². The van der Waals surface area contributed by atoms with Crippen LogP contribution in [-0.4, -0.2) is 44.2 Å². The van der Waals surface area contributed by atoms with Gasteiger partial charge >= 0.3 is 0 Å². The van der Waals surface area contributed by atoms with Gasteiger partial charge in [0.1, 0.15) is 5.82 Å². The molecule has 24 heavy (non-hydrogen) atoms. The molecule has 4 heteroatoms. The smallest absolute Gasteiger partial charge is 0.129 e. The summed E-state index contributed by atoms with van der Waals surface area (Å²) in [5, 5.41) is 3.46. The van der Waals surface area contributed by atoms with Crippen molar-refractivity contribution < 1.29 is 4.39 Å². The standard InChI is InChI=1S/C20H32FN3/c1-17-8-14-23(15-9-17)11-5-10-22-16-18-19(21)6-4-7-20(18)24-12-2-3-13-24/h4,6-7,17,22H,2-3,5,8-16H2,1H3. The predicted octanol–water partition coefficient (Wildman–Crippen LogP) is 3.64. The van der Waals surface area contributed by atoms with Crippen molar-refractivity contribution in [3.05, 3.63) is 29.6 Å². The van der Waals surface area contributed by atoms with E-state index in [0.717, 1.165) is 49.8 Å². The highest BCUT2D eigenvalue weighted by atomic mass is 19.1. The van der Waals surface area contributed by atoms with Crippen molar-refractivity contribution in [2.45, 2.75) is 45.6 Å². The number of nitrogens with zero attached hydrogens (tertiary/aromatic N) is 2. The van der Waals surface area contributed by atoms with E-state index in [1.807, 2.05) is 6.07 Å². The highest BCUT2D eigenvalue weighted by Gasteiger charge is 2.18. The summed E-state index contributed by atoms with van der Waals surface area (Å²) >= 11 is 0. The van der Waals surface area contributed by atoms with Gasteiger partial charge in [-0.2, -0.15) is 0 Å². The second kappa shape index (κ2) is 8.82. The number of hydrogen-bond donors (Lipinski definition) is 1. The molecular formula is C20H32FN3. The molecule has 2 saturated heterocycles. The third-order valence-corrected chi connectivity index (χ3v) is 5.55. The molecule has 0 bridgehead atoms. The predicted molar refractivity (Wildman–Crippen MR) is 99.0 cm³/mol. The zero-order chi connectivity index (χ0) is 16.8. The summed E-state index contributed by atoms with van der Waals surface area (Å²) in [5.74, 6) is 0.821. The van der Waals surface area contributed by atoms with Gasteiger partial charge in [0.25, 0.3) is 0 Å². The van der Waals surface area contributed by atoms with Crippen molar-refractivity contribution in [2.24, 2.45) is 5.92 Å². The van der Waals surface area contributed by atoms with E-state index in [0.29, 0.717) is 6.54 Å². The number of halogens is 1. The summed E-state index contributed by atoms with van der Waals surface area (Å²) in [7, 11) is 0. The van der Waals surface area contributed by atoms with Gasteiger partial charge in [-0.3, -0.25) is 0 Å². The largest absolute Gasteiger partial charge is 0.371 e. The van der Waals surface area contributed by atoms with Crippen LogP contribution >= 0.6 is 0 Å². The molecule has 3 nitrogen and oxygen atoms in total. The van der Waals surface area contributed by atoms with Gasteiger partial charge in [0, 0.05) is 30.9 Å². The molecule has 0 aliphatic carbocycles. The van der Waals surface area contributed by atoms with Crippen LogP contribution in [0.2, 0.25) is 0 Å². The second-order valence-corrected chi connectivity index (χ2v) is 7.49. The quantitative estimate of drug-likeness (QED) is 0.769. The summed E-state index contributed by atoms with van der Waals surface area (Å²) in [4.78, 5) is 4.90. The van der Waals surface area contributed by atoms with Gasteiger partial charge in [0.2, 0.25) is 0 Å². The number of hydrogen-bond acceptors (Lipinski definition) is 3. The molecule has 2 fully saturated rings. The van der Waals surface area contributed by atoms with Crippen LogP contribution in [0.4, 0.5) is 10.1 Å². The Hall–Kier alpha value is -1.13. The van der Waals surface area contributed by atoms with E-state index in [-0.39, 0.29) is 5.82 Å². The second-order valence-electron chi connectivity index (χ2n) is 7.49. The minimum Gasteiger partial charge on any atom is -0.371 e. The molecule has 0 atom stereocenters. The van der Waals surface area contributed by atoms with Crippen molar-refractivity contribution in [2.75, 3.05) is 44.2 Å². The maximum Gasteiger partial charge on any atom is 0.129 e. The van der Waals surface area contributed by atoms with Crippen LogP contribution in [0, 0.1) is 11.7 Å². The zero-order valence-corrected chi connectivity index (χ0v) is 15.1. The van der Waals surface area contributed by atoms with Crippen LogP contribution in [0.15, 0.2) is 18.2 Å². The molecule has 134 valence electrons. The Morgan fingerprint density at radius 2 is 1.88 bits per heavy atom. The molecule has 1 N–H and O–H groups in total. The molecule has 0 spiro atoms. The fourth-order valence-electron chi connectivity index (χ4n) is 3.90. The van der Waals surface area contributed by atoms with Crippen LogP contribution in [0.3, 0.4) is 0 Å². The normalized spacial score (nSPS) is 20.0. The Bertz CT molecular complexity index is 506. The summed E-state index contributed by atoms with van der Waals surface area (Å²) in [6, 6.07) is 5.50. The van der Waals surface area contributed by atoms with E-state index in [1.54, 1.807) is 6.07 Å². The Balaban J connectivity index is 1.43. The van der Waals surface area contributed by atoms with Gasteiger partial charge < -0.3 is 15.1 Å². The lowest BCUT2D eigenvalue weighted by Crippen LogP contribution is -2.34. The molecule has 0 amide bonds. The maximum atomic E-state index is 14.3. The monoisotopic (exact) mass is 333 g/mol. The van der Waals surface area contributed by atoms with E-state index < -0.39 is 0 Å². The van der Waals surface area contributed by atoms with Crippen molar-refractivity contribution in [1.29, 1.82) is 0 Å². The lowest BCUT2D eigenvalue weighted by molar-refractivity contribution is 0.190. The van der Waals surface area contributed by atoms with Gasteiger partial charge in [-0.25, -0.2) is 4.39 Å². The van der Waals surface area contributed by atoms with Crippen LogP contribution in [0.1, 0.15) is 44.6 Å². The number of piperidine rings is 1. The first-order valence-electron chi connectivity index (χ1n) is 9.69. The summed E-state index contributed by atoms with van der Waals surface area (Å²) < 4.78 is 14.3. The number of benzene rings is 1. The van der Waals surface area contributed by atoms with Crippen LogP contribution in [0.25, 0.3) is 0 Å². The lowest BCUT2D eigenvalue weighted by Gasteiger charge is -2.30. The Morgan fingerprint density at radius 1 is 1.12 bits per heavy atom. The molecule has 1 aromatic carbocycles. The van der Waals surface area contributed by atoms with Gasteiger partial charge in [0.05, 0.1) is 0 Å². The number of rotatable bonds is 7. The van der Waals surface area contributed by atoms with E-state index >= 15 is 0 Å². The average molecular weight is 333 g/mol. The highest BCUT2D eigenvalue weighted by Crippen LogP contribution is 2.26. The van der Waals surface area contributed by atoms with Crippen molar-refractivity contribution in [3.8, 4) is 0 Å². The first-order chi connectivity index (χ1) is 11.7. The van der Waals surface area contributed by atoms with Crippen LogP contribution < -0.4 is 10.2 Å². The molecule has 0 radical (unpaired) electrons. The molecule has 2 aliphatic rings. The van der Waals surface area contributed by atoms with Crippen molar-refractivity contribution in [1.82, 2.24) is 10.2 Å². The molecule has 0 saturated carbocycles. The number of anilines is 1. The fourth-order valence-corrected chi connectivity index (χ4v) is 3.90. The van der Waals surface area contributed by atoms with E-state index in [9.17, 15) is 4.39 Å². The Kier molecular flexibility index (Phi) is 6.50. The average Bonchev–Trinajstić information content (AvgIpc) is 3.12. The molecule has 2 heterocycles. The van der Waals surface area contributed by atoms with Crippen LogP contribution in [-0.2, 0) is 6.54 Å². The van der Waals surface area contributed by atoms with Gasteiger partial charge in [-0.05, 0) is 76.3 Å². The minimum absolute atomic E-state index is 0.0723. The van der Waals surface area contributed by atoms with Gasteiger partial charge in [-0.15, -0.1) is 0 Å². The molecule has 0 aromatic heterocycles. The molecule has 3 rings (SSSR count). The van der Waals surface area contributed by atoms with E-state index in [2.05, 4.69) is 28.1 Å². The fraction of sp³-hybridized carbons (Fsp3) is 0.700. The van der Waals surface area contributed by atoms with Crippen molar-refractivity contribution in [3.63, 3.8) is 0 Å². The number of nitrogens with one attached hydrogen (secondary N) is 1. The molecular weight excluding hydrogens is 301 g/mol. The Morgan fingerprint density at radius 3 is 2.62 bits per heavy atom. The lowest BCUT2D eigenvalue weighted by atomic mass is 9.99. The Labute approximate surface area is 146 Å².